The molecule has 26 heavy (non-hydrogen) atoms. The summed E-state index contributed by atoms with van der Waals surface area (Å²) < 4.78 is 5.62. The van der Waals surface area contributed by atoms with Crippen molar-refractivity contribution in [1.29, 1.82) is 0 Å². The van der Waals surface area contributed by atoms with Gasteiger partial charge in [0.15, 0.2) is 6.10 Å². The van der Waals surface area contributed by atoms with Crippen molar-refractivity contribution in [2.45, 2.75) is 39.7 Å². The van der Waals surface area contributed by atoms with Gasteiger partial charge in [0.1, 0.15) is 12.3 Å². The number of ether oxygens (including phenoxy) is 1. The second-order valence-corrected chi connectivity index (χ2v) is 6.36. The Morgan fingerprint density at radius 3 is 2.38 bits per heavy atom. The van der Waals surface area contributed by atoms with Crippen LogP contribution in [0.5, 0.6) is 5.75 Å². The van der Waals surface area contributed by atoms with Crippen molar-refractivity contribution in [3.8, 4) is 5.75 Å². The Morgan fingerprint density at radius 2 is 1.73 bits per heavy atom. The van der Waals surface area contributed by atoms with E-state index in [9.17, 15) is 9.59 Å². The van der Waals surface area contributed by atoms with E-state index in [-0.39, 0.29) is 18.4 Å². The number of carbonyl (C=O) groups is 2. The van der Waals surface area contributed by atoms with Crippen LogP contribution in [0.1, 0.15) is 31.9 Å². The summed E-state index contributed by atoms with van der Waals surface area (Å²) in [5.74, 6) is 0.201. The molecule has 0 fully saturated rings. The Morgan fingerprint density at radius 1 is 1.08 bits per heavy atom. The number of amides is 2. The van der Waals surface area contributed by atoms with Gasteiger partial charge in [0, 0.05) is 5.69 Å². The van der Waals surface area contributed by atoms with Crippen molar-refractivity contribution in [2.24, 2.45) is 0 Å². The summed E-state index contributed by atoms with van der Waals surface area (Å²) in [7, 11) is 0. The number of nitrogens with zero attached hydrogens (tertiary/aromatic N) is 1. The van der Waals surface area contributed by atoms with Crippen molar-refractivity contribution >= 4 is 23.2 Å². The first-order valence-corrected chi connectivity index (χ1v) is 9.02. The molecule has 2 aromatic carbocycles. The molecule has 0 bridgehead atoms. The smallest absolute Gasteiger partial charge is 0.268 e. The highest BCUT2D eigenvalue weighted by Crippen LogP contribution is 2.33. The molecule has 1 N–H and O–H groups in total. The SMILES string of the molecule is CCc1cccc(CC)c1NC(=O)CN1C(=O)[C@H](C)Oc2ccccc21. The van der Waals surface area contributed by atoms with E-state index >= 15 is 0 Å². The zero-order chi connectivity index (χ0) is 18.7. The topological polar surface area (TPSA) is 58.6 Å². The van der Waals surface area contributed by atoms with Crippen LogP contribution >= 0.6 is 0 Å². The maximum absolute atomic E-state index is 12.7. The van der Waals surface area contributed by atoms with Gasteiger partial charge in [-0.25, -0.2) is 0 Å². The molecule has 2 amide bonds. The lowest BCUT2D eigenvalue weighted by molar-refractivity contribution is -0.127. The number of carbonyl (C=O) groups excluding carboxylic acids is 2. The summed E-state index contributed by atoms with van der Waals surface area (Å²) in [5, 5.41) is 3.02. The van der Waals surface area contributed by atoms with Gasteiger partial charge in [-0.05, 0) is 43.0 Å². The fourth-order valence-electron chi connectivity index (χ4n) is 3.25. The second kappa shape index (κ2) is 7.60. The molecule has 0 saturated carbocycles. The summed E-state index contributed by atoms with van der Waals surface area (Å²) >= 11 is 0. The molecule has 1 aliphatic heterocycles. The van der Waals surface area contributed by atoms with Gasteiger partial charge in [-0.2, -0.15) is 0 Å². The normalized spacial score (nSPS) is 16.0. The van der Waals surface area contributed by atoms with Gasteiger partial charge in [0.2, 0.25) is 5.91 Å². The van der Waals surface area contributed by atoms with Crippen LogP contribution in [0, 0.1) is 0 Å². The number of fused-ring (bicyclic) bond motifs is 1. The van der Waals surface area contributed by atoms with E-state index in [1.54, 1.807) is 13.0 Å². The molecule has 5 nitrogen and oxygen atoms in total. The van der Waals surface area contributed by atoms with E-state index in [0.717, 1.165) is 29.7 Å². The van der Waals surface area contributed by atoms with Crippen LogP contribution in [-0.2, 0) is 22.4 Å². The Bertz CT molecular complexity index is 810. The van der Waals surface area contributed by atoms with Gasteiger partial charge in [0.25, 0.3) is 5.91 Å². The number of rotatable bonds is 5. The average Bonchev–Trinajstić information content (AvgIpc) is 2.65. The molecular weight excluding hydrogens is 328 g/mol. The molecule has 5 heteroatoms. The van der Waals surface area contributed by atoms with Crippen LogP contribution in [-0.4, -0.2) is 24.5 Å². The maximum Gasteiger partial charge on any atom is 0.268 e. The van der Waals surface area contributed by atoms with Crippen LogP contribution < -0.4 is 15.0 Å². The van der Waals surface area contributed by atoms with Gasteiger partial charge < -0.3 is 10.1 Å². The number of nitrogens with one attached hydrogen (secondary N) is 1. The molecule has 0 unspecified atom stereocenters. The largest absolute Gasteiger partial charge is 0.479 e. The van der Waals surface area contributed by atoms with E-state index < -0.39 is 6.10 Å². The van der Waals surface area contributed by atoms with Gasteiger partial charge in [-0.15, -0.1) is 0 Å². The second-order valence-electron chi connectivity index (χ2n) is 6.36. The molecule has 3 rings (SSSR count). The van der Waals surface area contributed by atoms with E-state index in [0.29, 0.717) is 11.4 Å². The minimum Gasteiger partial charge on any atom is -0.479 e. The molecule has 0 aromatic heterocycles. The lowest BCUT2D eigenvalue weighted by Crippen LogP contribution is -2.47. The molecule has 1 heterocycles. The highest BCUT2D eigenvalue weighted by atomic mass is 16.5. The fourth-order valence-corrected chi connectivity index (χ4v) is 3.25. The molecule has 1 atom stereocenters. The summed E-state index contributed by atoms with van der Waals surface area (Å²) in [6.45, 7) is 5.79. The lowest BCUT2D eigenvalue weighted by atomic mass is 10.0. The van der Waals surface area contributed by atoms with Crippen molar-refractivity contribution in [1.82, 2.24) is 0 Å². The molecule has 0 saturated heterocycles. The zero-order valence-electron chi connectivity index (χ0n) is 15.4. The van der Waals surface area contributed by atoms with E-state index in [1.807, 2.05) is 36.4 Å². The van der Waals surface area contributed by atoms with Crippen LogP contribution in [0.25, 0.3) is 0 Å². The third-order valence-electron chi connectivity index (χ3n) is 4.64. The summed E-state index contributed by atoms with van der Waals surface area (Å²) in [6.07, 6.45) is 1.06. The summed E-state index contributed by atoms with van der Waals surface area (Å²) in [5.41, 5.74) is 3.69. The van der Waals surface area contributed by atoms with Crippen LogP contribution in [0.2, 0.25) is 0 Å². The number of hydrogen-bond donors (Lipinski definition) is 1. The minimum absolute atomic E-state index is 0.0370. The monoisotopic (exact) mass is 352 g/mol. The predicted molar refractivity (Wildman–Crippen MR) is 103 cm³/mol. The van der Waals surface area contributed by atoms with Crippen molar-refractivity contribution in [2.75, 3.05) is 16.8 Å². The van der Waals surface area contributed by atoms with Crippen LogP contribution in [0.3, 0.4) is 0 Å². The third-order valence-corrected chi connectivity index (χ3v) is 4.64. The Kier molecular flexibility index (Phi) is 5.26. The van der Waals surface area contributed by atoms with E-state index in [2.05, 4.69) is 19.2 Å². The molecule has 0 spiro atoms. The highest BCUT2D eigenvalue weighted by molar-refractivity contribution is 6.06. The van der Waals surface area contributed by atoms with Gasteiger partial charge in [0.05, 0.1) is 5.69 Å². The van der Waals surface area contributed by atoms with Crippen molar-refractivity contribution in [3.05, 3.63) is 53.6 Å². The predicted octanol–water partition coefficient (Wildman–Crippen LogP) is 3.56. The number of benzene rings is 2. The number of anilines is 2. The zero-order valence-corrected chi connectivity index (χ0v) is 15.4. The number of aryl methyl sites for hydroxylation is 2. The first-order valence-electron chi connectivity index (χ1n) is 9.02. The quantitative estimate of drug-likeness (QED) is 0.895. The molecule has 2 aromatic rings. The minimum atomic E-state index is -0.605. The Balaban J connectivity index is 1.84. The third kappa shape index (κ3) is 3.43. The standard InChI is InChI=1S/C21H24N2O3/c1-4-15-9-8-10-16(5-2)20(15)22-19(24)13-23-17-11-6-7-12-18(17)26-14(3)21(23)25/h6-12,14H,4-5,13H2,1-3H3,(H,22,24)/t14-/m0/s1. The number of hydrogen-bond acceptors (Lipinski definition) is 3. The maximum atomic E-state index is 12.7. The average molecular weight is 352 g/mol. The molecule has 1 aliphatic rings. The summed E-state index contributed by atoms with van der Waals surface area (Å²) in [4.78, 5) is 26.8. The van der Waals surface area contributed by atoms with E-state index in [4.69, 9.17) is 4.74 Å². The lowest BCUT2D eigenvalue weighted by Gasteiger charge is -2.32. The first kappa shape index (κ1) is 18.0. The van der Waals surface area contributed by atoms with Crippen molar-refractivity contribution < 1.29 is 14.3 Å². The van der Waals surface area contributed by atoms with Crippen LogP contribution in [0.4, 0.5) is 11.4 Å². The summed E-state index contributed by atoms with van der Waals surface area (Å²) in [6, 6.07) is 13.3. The van der Waals surface area contributed by atoms with Gasteiger partial charge >= 0.3 is 0 Å². The molecule has 0 aliphatic carbocycles. The van der Waals surface area contributed by atoms with E-state index in [1.165, 1.54) is 4.90 Å². The van der Waals surface area contributed by atoms with Crippen LogP contribution in [0.15, 0.2) is 42.5 Å². The Hall–Kier alpha value is -2.82. The van der Waals surface area contributed by atoms with Crippen molar-refractivity contribution in [3.63, 3.8) is 0 Å². The Labute approximate surface area is 154 Å². The molecule has 0 radical (unpaired) electrons. The first-order chi connectivity index (χ1) is 12.5. The fraction of sp³-hybridized carbons (Fsp3) is 0.333. The molecule has 136 valence electrons. The van der Waals surface area contributed by atoms with Gasteiger partial charge in [-0.1, -0.05) is 44.2 Å². The van der Waals surface area contributed by atoms with Gasteiger partial charge in [-0.3, -0.25) is 14.5 Å². The number of para-hydroxylation sites is 3. The highest BCUT2D eigenvalue weighted by Gasteiger charge is 2.32. The molecular formula is C21H24N2O3.